The Hall–Kier alpha value is -2.24. The normalized spacial score (nSPS) is 11.0. The number of benzene rings is 1. The molecule has 0 aliphatic rings. The molecule has 5 nitrogen and oxygen atoms in total. The number of halogens is 1. The number of aromatic nitrogens is 1. The van der Waals surface area contributed by atoms with Crippen molar-refractivity contribution in [1.82, 2.24) is 4.98 Å². The molecule has 112 valence electrons. The standard InChI is InChI=1S/C15H18FN3O2/c1-3-10(4-2)9-18-15-12(16)8-13(19(20)21)11-6-5-7-17-14(11)15/h5-8,10,18H,3-4,9H2,1-2H3. The van der Waals surface area contributed by atoms with Gasteiger partial charge in [0.1, 0.15) is 5.52 Å². The van der Waals surface area contributed by atoms with E-state index in [0.29, 0.717) is 23.4 Å². The predicted octanol–water partition coefficient (Wildman–Crippen LogP) is 4.13. The lowest BCUT2D eigenvalue weighted by Gasteiger charge is -2.16. The lowest BCUT2D eigenvalue weighted by Crippen LogP contribution is -2.14. The number of nitrogens with one attached hydrogen (secondary N) is 1. The lowest BCUT2D eigenvalue weighted by atomic mass is 10.0. The quantitative estimate of drug-likeness (QED) is 0.641. The monoisotopic (exact) mass is 291 g/mol. The Morgan fingerprint density at radius 1 is 1.43 bits per heavy atom. The number of hydrogen-bond donors (Lipinski definition) is 1. The average Bonchev–Trinajstić information content (AvgIpc) is 2.49. The van der Waals surface area contributed by atoms with Crippen LogP contribution >= 0.6 is 0 Å². The Kier molecular flexibility index (Phi) is 4.67. The van der Waals surface area contributed by atoms with Crippen molar-refractivity contribution in [2.45, 2.75) is 26.7 Å². The number of nitro groups is 1. The van der Waals surface area contributed by atoms with Crippen LogP contribution in [0.1, 0.15) is 26.7 Å². The second kappa shape index (κ2) is 6.47. The highest BCUT2D eigenvalue weighted by atomic mass is 19.1. The molecule has 0 atom stereocenters. The number of nitro benzene ring substituents is 1. The summed E-state index contributed by atoms with van der Waals surface area (Å²) < 4.78 is 14.2. The SMILES string of the molecule is CCC(CC)CNc1c(F)cc([N+](=O)[O-])c2cccnc12. The van der Waals surface area contributed by atoms with Crippen LogP contribution in [0.15, 0.2) is 24.4 Å². The molecule has 1 heterocycles. The third-order valence-corrected chi connectivity index (χ3v) is 3.74. The summed E-state index contributed by atoms with van der Waals surface area (Å²) in [6, 6.07) is 4.15. The van der Waals surface area contributed by atoms with E-state index in [-0.39, 0.29) is 11.4 Å². The predicted molar refractivity (Wildman–Crippen MR) is 80.9 cm³/mol. The molecule has 0 unspecified atom stereocenters. The highest BCUT2D eigenvalue weighted by molar-refractivity contribution is 5.97. The molecule has 2 aromatic rings. The van der Waals surface area contributed by atoms with Crippen LogP contribution in [0, 0.1) is 21.8 Å². The summed E-state index contributed by atoms with van der Waals surface area (Å²) in [4.78, 5) is 14.6. The molecule has 0 saturated carbocycles. The van der Waals surface area contributed by atoms with Gasteiger partial charge in [0, 0.05) is 12.7 Å². The smallest absolute Gasteiger partial charge is 0.281 e. The lowest BCUT2D eigenvalue weighted by molar-refractivity contribution is -0.383. The first-order valence-electron chi connectivity index (χ1n) is 7.03. The minimum Gasteiger partial charge on any atom is -0.381 e. The van der Waals surface area contributed by atoms with Gasteiger partial charge in [0.15, 0.2) is 5.82 Å². The summed E-state index contributed by atoms with van der Waals surface area (Å²) in [5.74, 6) is -0.211. The third-order valence-electron chi connectivity index (χ3n) is 3.74. The number of anilines is 1. The van der Waals surface area contributed by atoms with Gasteiger partial charge in [0.05, 0.1) is 22.1 Å². The van der Waals surface area contributed by atoms with Crippen molar-refractivity contribution in [1.29, 1.82) is 0 Å². The van der Waals surface area contributed by atoms with Crippen LogP contribution in [0.5, 0.6) is 0 Å². The highest BCUT2D eigenvalue weighted by Gasteiger charge is 2.20. The number of rotatable bonds is 6. The van der Waals surface area contributed by atoms with Crippen molar-refractivity contribution >= 4 is 22.3 Å². The van der Waals surface area contributed by atoms with Crippen LogP contribution in [0.25, 0.3) is 10.9 Å². The van der Waals surface area contributed by atoms with Gasteiger partial charge in [-0.1, -0.05) is 26.7 Å². The van der Waals surface area contributed by atoms with Crippen molar-refractivity contribution in [2.24, 2.45) is 5.92 Å². The Labute approximate surface area is 122 Å². The topological polar surface area (TPSA) is 68.1 Å². The van der Waals surface area contributed by atoms with Crippen LogP contribution in [0.4, 0.5) is 15.8 Å². The van der Waals surface area contributed by atoms with E-state index in [1.54, 1.807) is 12.1 Å². The number of fused-ring (bicyclic) bond motifs is 1. The van der Waals surface area contributed by atoms with Gasteiger partial charge in [0.2, 0.25) is 0 Å². The fraction of sp³-hybridized carbons (Fsp3) is 0.400. The van der Waals surface area contributed by atoms with Crippen molar-refractivity contribution in [3.05, 3.63) is 40.3 Å². The highest BCUT2D eigenvalue weighted by Crippen LogP contribution is 2.32. The van der Waals surface area contributed by atoms with Crippen molar-refractivity contribution in [2.75, 3.05) is 11.9 Å². The summed E-state index contributed by atoms with van der Waals surface area (Å²) in [5, 5.41) is 14.4. The number of pyridine rings is 1. The summed E-state index contributed by atoms with van der Waals surface area (Å²) in [7, 11) is 0. The van der Waals surface area contributed by atoms with Crippen molar-refractivity contribution < 1.29 is 9.31 Å². The summed E-state index contributed by atoms with van der Waals surface area (Å²) in [5.41, 5.74) is 0.280. The van der Waals surface area contributed by atoms with E-state index in [2.05, 4.69) is 24.1 Å². The molecule has 21 heavy (non-hydrogen) atoms. The van der Waals surface area contributed by atoms with Gasteiger partial charge in [-0.05, 0) is 18.1 Å². The number of nitrogens with zero attached hydrogens (tertiary/aromatic N) is 2. The van der Waals surface area contributed by atoms with E-state index in [0.717, 1.165) is 18.9 Å². The first kappa shape index (κ1) is 15.2. The molecule has 0 saturated heterocycles. The van der Waals surface area contributed by atoms with E-state index in [1.165, 1.54) is 6.20 Å². The number of hydrogen-bond acceptors (Lipinski definition) is 4. The first-order valence-corrected chi connectivity index (χ1v) is 7.03. The van der Waals surface area contributed by atoms with Crippen LogP contribution in [0.3, 0.4) is 0 Å². The van der Waals surface area contributed by atoms with Gasteiger partial charge >= 0.3 is 0 Å². The van der Waals surface area contributed by atoms with Crippen LogP contribution < -0.4 is 5.32 Å². The molecule has 0 spiro atoms. The molecular weight excluding hydrogens is 273 g/mol. The Morgan fingerprint density at radius 2 is 2.14 bits per heavy atom. The third kappa shape index (κ3) is 3.09. The largest absolute Gasteiger partial charge is 0.381 e. The van der Waals surface area contributed by atoms with Gasteiger partial charge in [-0.25, -0.2) is 4.39 Å². The molecule has 6 heteroatoms. The maximum absolute atomic E-state index is 14.2. The van der Waals surface area contributed by atoms with E-state index in [4.69, 9.17) is 0 Å². The van der Waals surface area contributed by atoms with Gasteiger partial charge < -0.3 is 5.32 Å². The Balaban J connectivity index is 2.47. The molecule has 0 bridgehead atoms. The second-order valence-electron chi connectivity index (χ2n) is 4.97. The summed E-state index contributed by atoms with van der Waals surface area (Å²) >= 11 is 0. The van der Waals surface area contributed by atoms with Crippen molar-refractivity contribution in [3.8, 4) is 0 Å². The van der Waals surface area contributed by atoms with Gasteiger partial charge in [-0.2, -0.15) is 0 Å². The van der Waals surface area contributed by atoms with E-state index in [1.807, 2.05) is 0 Å². The first-order chi connectivity index (χ1) is 10.1. The maximum atomic E-state index is 14.2. The van der Waals surface area contributed by atoms with Crippen LogP contribution in [-0.4, -0.2) is 16.5 Å². The summed E-state index contributed by atoms with van der Waals surface area (Å²) in [6.07, 6.45) is 3.49. The van der Waals surface area contributed by atoms with Crippen molar-refractivity contribution in [3.63, 3.8) is 0 Å². The van der Waals surface area contributed by atoms with E-state index >= 15 is 0 Å². The fourth-order valence-corrected chi connectivity index (χ4v) is 2.34. The second-order valence-corrected chi connectivity index (χ2v) is 4.97. The average molecular weight is 291 g/mol. The maximum Gasteiger partial charge on any atom is 0.281 e. The summed E-state index contributed by atoms with van der Waals surface area (Å²) in [6.45, 7) is 4.78. The minimum atomic E-state index is -0.640. The molecular formula is C15H18FN3O2. The Morgan fingerprint density at radius 3 is 2.76 bits per heavy atom. The minimum absolute atomic E-state index is 0.239. The Bertz CT molecular complexity index is 657. The van der Waals surface area contributed by atoms with Gasteiger partial charge in [0.25, 0.3) is 5.69 Å². The zero-order chi connectivity index (χ0) is 15.4. The van der Waals surface area contributed by atoms with Crippen LogP contribution in [-0.2, 0) is 0 Å². The molecule has 0 fully saturated rings. The van der Waals surface area contributed by atoms with E-state index < -0.39 is 10.7 Å². The van der Waals surface area contributed by atoms with Crippen LogP contribution in [0.2, 0.25) is 0 Å². The molecule has 0 aliphatic carbocycles. The fourth-order valence-electron chi connectivity index (χ4n) is 2.34. The van der Waals surface area contributed by atoms with Gasteiger partial charge in [-0.15, -0.1) is 0 Å². The molecule has 0 radical (unpaired) electrons. The molecule has 1 aromatic heterocycles. The molecule has 0 amide bonds. The zero-order valence-electron chi connectivity index (χ0n) is 12.1. The molecule has 2 rings (SSSR count). The molecule has 1 N–H and O–H groups in total. The van der Waals surface area contributed by atoms with Gasteiger partial charge in [-0.3, -0.25) is 15.1 Å². The molecule has 1 aromatic carbocycles. The number of non-ortho nitro benzene ring substituents is 1. The zero-order valence-corrected chi connectivity index (χ0v) is 12.1. The van der Waals surface area contributed by atoms with E-state index in [9.17, 15) is 14.5 Å². The molecule has 0 aliphatic heterocycles.